The molecule has 0 atom stereocenters. The van der Waals surface area contributed by atoms with Crippen molar-refractivity contribution in [2.45, 2.75) is 6.42 Å². The summed E-state index contributed by atoms with van der Waals surface area (Å²) in [6, 6.07) is 72.5. The zero-order chi connectivity index (χ0) is 91.1. The molecule has 0 unspecified atom stereocenters. The first kappa shape index (κ1) is 93.5. The van der Waals surface area contributed by atoms with Crippen molar-refractivity contribution in [3.8, 4) is 120 Å². The molecule has 8 aromatic carbocycles. The summed E-state index contributed by atoms with van der Waals surface area (Å²) < 4.78 is 31.0. The van der Waals surface area contributed by atoms with E-state index in [0.717, 1.165) is 52.0 Å². The van der Waals surface area contributed by atoms with E-state index in [1.165, 1.54) is 12.3 Å². The second-order valence-electron chi connectivity index (χ2n) is 27.7. The predicted molar refractivity (Wildman–Crippen MR) is 519 cm³/mol. The van der Waals surface area contributed by atoms with Gasteiger partial charge in [-0.1, -0.05) is 141 Å². The molecule has 0 aliphatic carbocycles. The van der Waals surface area contributed by atoms with Gasteiger partial charge in [0, 0.05) is 154 Å². The molecule has 10 N–H and O–H groups in total. The van der Waals surface area contributed by atoms with E-state index >= 15 is 0 Å². The van der Waals surface area contributed by atoms with Gasteiger partial charge in [0.25, 0.3) is 0 Å². The Balaban J connectivity index is 0.000000148. The number of H-pyrrole nitrogens is 2. The first-order chi connectivity index (χ1) is 63.4. The lowest BCUT2D eigenvalue weighted by Crippen LogP contribution is -2.15. The Labute approximate surface area is 788 Å². The number of nitriles is 2. The highest BCUT2D eigenvalue weighted by atomic mass is 35.5. The number of anilines is 8. The van der Waals surface area contributed by atoms with Crippen molar-refractivity contribution in [2.24, 2.45) is 0 Å². The zero-order valence-electron chi connectivity index (χ0n) is 69.5. The fourth-order valence-corrected chi connectivity index (χ4v) is 14.6. The van der Waals surface area contributed by atoms with Crippen molar-refractivity contribution in [1.82, 2.24) is 70.2 Å². The molecule has 16 rings (SSSR count). The summed E-state index contributed by atoms with van der Waals surface area (Å²) in [5.74, 6) is 9.20. The second-order valence-corrected chi connectivity index (χ2v) is 31.1. The van der Waals surface area contributed by atoms with Crippen LogP contribution < -0.4 is 56.7 Å². The Kier molecular flexibility index (Phi) is 33.8. The number of para-hydroxylation sites is 3. The Bertz CT molecular complexity index is 6580. The van der Waals surface area contributed by atoms with Gasteiger partial charge in [-0.3, -0.25) is 10.2 Å². The summed E-state index contributed by atoms with van der Waals surface area (Å²) in [4.78, 5) is 45.9. The summed E-state index contributed by atoms with van der Waals surface area (Å²) in [5, 5.41) is 61.4. The van der Waals surface area contributed by atoms with Crippen molar-refractivity contribution in [2.75, 3.05) is 116 Å². The van der Waals surface area contributed by atoms with Crippen LogP contribution in [0.1, 0.15) is 17.5 Å². The molecule has 0 saturated heterocycles. The summed E-state index contributed by atoms with van der Waals surface area (Å²) in [5.41, 5.74) is 9.20. The lowest BCUT2D eigenvalue weighted by atomic mass is 10.1. The molecular weight excluding hydrogens is 1820 g/mol. The minimum absolute atomic E-state index is 0.365. The highest BCUT2D eigenvalue weighted by Crippen LogP contribution is 2.40. The van der Waals surface area contributed by atoms with Crippen LogP contribution in [-0.4, -0.2) is 144 Å². The average molecular weight is 1900 g/mol. The molecule has 656 valence electrons. The van der Waals surface area contributed by atoms with Crippen molar-refractivity contribution in [3.63, 3.8) is 0 Å². The van der Waals surface area contributed by atoms with Crippen molar-refractivity contribution in [1.29, 1.82) is 10.5 Å². The van der Waals surface area contributed by atoms with Crippen molar-refractivity contribution < 1.29 is 18.6 Å². The lowest BCUT2D eigenvalue weighted by Gasteiger charge is -2.13. The largest absolute Gasteiger partial charge is 0.496 e. The monoisotopic (exact) mass is 1890 g/mol. The number of halogens is 9. The zero-order valence-corrected chi connectivity index (χ0v) is 75.5. The van der Waals surface area contributed by atoms with Crippen LogP contribution in [0.5, 0.6) is 17.2 Å². The number of hydrogen-bond donors (Lipinski definition) is 10. The molecule has 8 aromatic heterocycles. The van der Waals surface area contributed by atoms with Crippen LogP contribution in [0.25, 0.3) is 90.6 Å². The molecule has 0 radical (unpaired) electrons. The van der Waals surface area contributed by atoms with E-state index in [1.54, 1.807) is 149 Å². The Morgan fingerprint density at radius 3 is 0.892 bits per heavy atom. The van der Waals surface area contributed by atoms with E-state index in [4.69, 9.17) is 137 Å². The van der Waals surface area contributed by atoms with Crippen LogP contribution in [0.2, 0.25) is 40.2 Å². The van der Waals surface area contributed by atoms with Crippen LogP contribution in [0.15, 0.2) is 255 Å². The van der Waals surface area contributed by atoms with Crippen molar-refractivity contribution in [3.05, 3.63) is 312 Å². The van der Waals surface area contributed by atoms with E-state index in [1.807, 2.05) is 115 Å². The van der Waals surface area contributed by atoms with E-state index in [9.17, 15) is 4.39 Å². The van der Waals surface area contributed by atoms with Gasteiger partial charge in [0.05, 0.1) is 87.7 Å². The van der Waals surface area contributed by atoms with Crippen LogP contribution in [0, 0.1) is 28.5 Å². The Morgan fingerprint density at radius 2 is 0.600 bits per heavy atom. The fraction of sp³-hybridized carbons (Fsp3) is 0.128. The molecule has 0 aliphatic heterocycles. The summed E-state index contributed by atoms with van der Waals surface area (Å²) in [7, 11) is 4.89. The van der Waals surface area contributed by atoms with Gasteiger partial charge >= 0.3 is 0 Å². The van der Waals surface area contributed by atoms with Gasteiger partial charge in [-0.05, 0) is 164 Å². The van der Waals surface area contributed by atoms with E-state index in [0.29, 0.717) is 212 Å². The number of benzene rings is 8. The predicted octanol–water partition coefficient (Wildman–Crippen LogP) is 23.1. The van der Waals surface area contributed by atoms with Crippen LogP contribution in [0.3, 0.4) is 0 Å². The summed E-state index contributed by atoms with van der Waals surface area (Å²) in [6.45, 7) is 5.02. The van der Waals surface area contributed by atoms with E-state index in [-0.39, 0.29) is 5.82 Å². The number of hydrogen-bond acceptors (Lipinski definition) is 25. The SMILES string of the molecule is COc1ccccc1-c1cc(NCCCNc2ccc(C#N)cn2)nc(-c2ccc(Cl)cc2Cl)n1.COc1ccccc1-c1cc(NCCNc2ccc(C#N)cn2)nc(-c2ccc(Cl)cc2Cl)n1.COc1ccccc1-c1cc(NCCNc2ccn[nH]2)nc(-c2ccc(Cl)cc2Cl)n1.Fc1ccccc1-c1cc(NCCNc2ccn[nH]2)nc(-c2ccc(Cl)cc2Cl)n1. The van der Waals surface area contributed by atoms with Crippen LogP contribution >= 0.6 is 92.8 Å². The van der Waals surface area contributed by atoms with Gasteiger partial charge in [0.2, 0.25) is 0 Å². The van der Waals surface area contributed by atoms with Crippen molar-refractivity contribution >= 4 is 139 Å². The van der Waals surface area contributed by atoms with Gasteiger partial charge in [-0.2, -0.15) is 20.7 Å². The molecule has 130 heavy (non-hydrogen) atoms. The van der Waals surface area contributed by atoms with Gasteiger partial charge in [-0.25, -0.2) is 54.2 Å². The number of nitrogens with zero attached hydrogens (tertiary/aromatic N) is 14. The maximum atomic E-state index is 14.4. The third kappa shape index (κ3) is 26.3. The molecule has 0 saturated carbocycles. The average Bonchev–Trinajstić information content (AvgIpc) is 0.918. The molecular formula is C94H79Cl8FN24O3. The van der Waals surface area contributed by atoms with Crippen LogP contribution in [0.4, 0.5) is 50.9 Å². The molecule has 0 bridgehead atoms. The highest BCUT2D eigenvalue weighted by molar-refractivity contribution is 6.38. The minimum Gasteiger partial charge on any atom is -0.496 e. The molecule has 16 aromatic rings. The number of pyridine rings is 2. The number of aromatic nitrogens is 14. The highest BCUT2D eigenvalue weighted by Gasteiger charge is 2.21. The smallest absolute Gasteiger partial charge is 0.163 e. The van der Waals surface area contributed by atoms with E-state index < -0.39 is 0 Å². The van der Waals surface area contributed by atoms with E-state index in [2.05, 4.69) is 105 Å². The third-order valence-electron chi connectivity index (χ3n) is 18.9. The maximum Gasteiger partial charge on any atom is 0.163 e. The second kappa shape index (κ2) is 47.0. The Hall–Kier alpha value is -14.2. The quantitative estimate of drug-likeness (QED) is 0.0175. The first-order valence-electron chi connectivity index (χ1n) is 40.0. The van der Waals surface area contributed by atoms with Gasteiger partial charge in [0.1, 0.15) is 81.7 Å². The molecule has 0 fully saturated rings. The topological polar surface area (TPSA) is 358 Å². The first-order valence-corrected chi connectivity index (χ1v) is 43.1. The summed E-state index contributed by atoms with van der Waals surface area (Å²) in [6.07, 6.45) is 7.25. The number of ether oxygens (including phenoxy) is 3. The molecule has 0 spiro atoms. The molecule has 36 heteroatoms. The number of aromatic amines is 2. The lowest BCUT2D eigenvalue weighted by molar-refractivity contribution is 0.416. The third-order valence-corrected chi connectivity index (χ3v) is 21.1. The van der Waals surface area contributed by atoms with Gasteiger partial charge < -0.3 is 56.7 Å². The summed E-state index contributed by atoms with van der Waals surface area (Å²) >= 11 is 49.9. The molecule has 27 nitrogen and oxygen atoms in total. The number of nitrogens with one attached hydrogen (secondary N) is 10. The number of rotatable bonds is 32. The fourth-order valence-electron chi connectivity index (χ4n) is 12.6. The normalized spacial score (nSPS) is 10.6. The van der Waals surface area contributed by atoms with Crippen LogP contribution in [-0.2, 0) is 0 Å². The number of methoxy groups -OCH3 is 3. The van der Waals surface area contributed by atoms with Gasteiger partial charge in [-0.15, -0.1) is 0 Å². The Morgan fingerprint density at radius 1 is 0.308 bits per heavy atom. The molecule has 0 amide bonds. The molecule has 0 aliphatic rings. The molecule has 8 heterocycles. The standard InChI is InChI=1S/C26H22Cl2N6O.C25H20Cl2N6O.C22H20Cl2N6O.C21H17Cl2FN6/c1-35-23-6-3-2-5-20(23)22-14-25(34-26(33-22)19-9-8-18(27)13-21(19)28)31-12-4-11-30-24-10-7-17(15-29)16-32-24;1-34-22-5-3-2-4-19(22)21-13-24(30-11-10-29-23-9-6-16(14-28)15-31-23)33-25(32-21)18-8-7-17(26)12-20(18)27;1-31-19-5-3-2-4-16(19)18-13-21(26-11-10-25-20-8-9-27-30-20)29-22(28-18)15-7-6-14(23)12-17(15)24;22-13-5-6-14(16(23)11-13)21-28-18(15-3-1-2-4-17(15)24)12-20(29-21)26-10-9-25-19-7-8-27-30-19/h2-3,5-10,13-14,16H,4,11-12H2,1H3,(H,30,32)(H,31,33,34);2-9,12-13,15H,10-11H2,1H3,(H,29,31)(H,30,32,33);2-9,12-13H,10-11H2,1H3,(H2,25,27,30)(H,26,28,29);1-8,11-12H,9-10H2,(H2,25,27,30)(H,26,28,29). The maximum absolute atomic E-state index is 14.4. The van der Waals surface area contributed by atoms with Gasteiger partial charge in [0.15, 0.2) is 23.3 Å². The minimum atomic E-state index is -0.365.